The highest BCUT2D eigenvalue weighted by Gasteiger charge is 2.37. The van der Waals surface area contributed by atoms with Crippen LogP contribution in [0.5, 0.6) is 0 Å². The standard InChI is InChI=1S/C19H24FN5O3S/c1-29(27,28)25-10-3-6-19(7-11-25,14-4-2-5-15(20)12-14)13-24-18(26)16-17(21)23-9-8-22-16/h2,4-5,8-9,12H,3,6-7,10-11,13H2,1H3,(H2,21,23)(H,24,26). The lowest BCUT2D eigenvalue weighted by Gasteiger charge is -2.34. The topological polar surface area (TPSA) is 118 Å². The number of halogens is 1. The normalized spacial score (nSPS) is 20.8. The van der Waals surface area contributed by atoms with Crippen LogP contribution in [0.4, 0.5) is 10.2 Å². The van der Waals surface area contributed by atoms with Crippen molar-refractivity contribution in [1.82, 2.24) is 19.6 Å². The Morgan fingerprint density at radius 3 is 2.72 bits per heavy atom. The van der Waals surface area contributed by atoms with Crippen LogP contribution in [-0.2, 0) is 15.4 Å². The van der Waals surface area contributed by atoms with Crippen molar-refractivity contribution in [2.24, 2.45) is 0 Å². The van der Waals surface area contributed by atoms with Crippen LogP contribution in [0.2, 0.25) is 0 Å². The number of anilines is 1. The summed E-state index contributed by atoms with van der Waals surface area (Å²) in [7, 11) is -3.33. The molecule has 1 fully saturated rings. The monoisotopic (exact) mass is 421 g/mol. The predicted octanol–water partition coefficient (Wildman–Crippen LogP) is 1.31. The first-order valence-electron chi connectivity index (χ1n) is 9.27. The van der Waals surface area contributed by atoms with Gasteiger partial charge < -0.3 is 11.1 Å². The lowest BCUT2D eigenvalue weighted by Crippen LogP contribution is -2.42. The fourth-order valence-electron chi connectivity index (χ4n) is 3.74. The molecule has 3 N–H and O–H groups in total. The summed E-state index contributed by atoms with van der Waals surface area (Å²) in [4.78, 5) is 20.4. The van der Waals surface area contributed by atoms with Gasteiger partial charge in [0.05, 0.1) is 6.26 Å². The number of nitrogens with two attached hydrogens (primary N) is 1. The first-order chi connectivity index (χ1) is 13.7. The Bertz CT molecular complexity index is 1000. The number of hydrogen-bond donors (Lipinski definition) is 2. The van der Waals surface area contributed by atoms with Crippen molar-refractivity contribution in [2.75, 3.05) is 31.6 Å². The quantitative estimate of drug-likeness (QED) is 0.752. The van der Waals surface area contributed by atoms with E-state index in [1.54, 1.807) is 6.07 Å². The van der Waals surface area contributed by atoms with Crippen molar-refractivity contribution in [3.63, 3.8) is 0 Å². The molecule has 1 atom stereocenters. The molecule has 29 heavy (non-hydrogen) atoms. The summed E-state index contributed by atoms with van der Waals surface area (Å²) >= 11 is 0. The van der Waals surface area contributed by atoms with Gasteiger partial charge in [-0.05, 0) is 37.0 Å². The average molecular weight is 421 g/mol. The van der Waals surface area contributed by atoms with Crippen molar-refractivity contribution in [2.45, 2.75) is 24.7 Å². The molecule has 1 aliphatic heterocycles. The minimum absolute atomic E-state index is 0.0216. The number of hydrogen-bond acceptors (Lipinski definition) is 6. The third-order valence-electron chi connectivity index (χ3n) is 5.34. The molecule has 0 radical (unpaired) electrons. The van der Waals surface area contributed by atoms with E-state index in [-0.39, 0.29) is 23.9 Å². The van der Waals surface area contributed by atoms with Crippen molar-refractivity contribution in [3.05, 3.63) is 53.7 Å². The number of nitrogens with zero attached hydrogens (tertiary/aromatic N) is 3. The summed E-state index contributed by atoms with van der Waals surface area (Å²) in [5.41, 5.74) is 5.85. The van der Waals surface area contributed by atoms with Gasteiger partial charge in [-0.15, -0.1) is 0 Å². The van der Waals surface area contributed by atoms with E-state index in [0.29, 0.717) is 32.4 Å². The van der Waals surface area contributed by atoms with E-state index in [1.165, 1.54) is 35.1 Å². The summed E-state index contributed by atoms with van der Waals surface area (Å²) in [5.74, 6) is -0.833. The molecule has 0 spiro atoms. The number of aromatic nitrogens is 2. The number of rotatable bonds is 5. The van der Waals surface area contributed by atoms with E-state index in [9.17, 15) is 17.6 Å². The second kappa shape index (κ2) is 8.42. The third-order valence-corrected chi connectivity index (χ3v) is 6.64. The number of carbonyl (C=O) groups excluding carboxylic acids is 1. The van der Waals surface area contributed by atoms with Gasteiger partial charge >= 0.3 is 0 Å². The minimum Gasteiger partial charge on any atom is -0.382 e. The Balaban J connectivity index is 1.88. The highest BCUT2D eigenvalue weighted by atomic mass is 32.2. The number of nitrogen functional groups attached to an aromatic ring is 1. The zero-order valence-corrected chi connectivity index (χ0v) is 17.0. The molecule has 0 saturated carbocycles. The maximum Gasteiger partial charge on any atom is 0.273 e. The van der Waals surface area contributed by atoms with Crippen LogP contribution in [0.15, 0.2) is 36.7 Å². The Kier molecular flexibility index (Phi) is 6.13. The molecule has 1 unspecified atom stereocenters. The van der Waals surface area contributed by atoms with Gasteiger partial charge in [0.25, 0.3) is 5.91 Å². The van der Waals surface area contributed by atoms with Crippen molar-refractivity contribution in [1.29, 1.82) is 0 Å². The molecule has 3 rings (SSSR count). The first-order valence-corrected chi connectivity index (χ1v) is 11.1. The van der Waals surface area contributed by atoms with Gasteiger partial charge in [-0.1, -0.05) is 12.1 Å². The van der Waals surface area contributed by atoms with Gasteiger partial charge in [-0.3, -0.25) is 4.79 Å². The molecule has 2 aromatic rings. The lowest BCUT2D eigenvalue weighted by molar-refractivity contribution is 0.0936. The average Bonchev–Trinajstić information content (AvgIpc) is 2.90. The molecule has 1 aromatic heterocycles. The maximum absolute atomic E-state index is 13.9. The van der Waals surface area contributed by atoms with Crippen LogP contribution in [0.25, 0.3) is 0 Å². The van der Waals surface area contributed by atoms with Crippen molar-refractivity contribution >= 4 is 21.7 Å². The Morgan fingerprint density at radius 2 is 2.03 bits per heavy atom. The molecule has 8 nitrogen and oxygen atoms in total. The van der Waals surface area contributed by atoms with Crippen LogP contribution in [0.3, 0.4) is 0 Å². The zero-order valence-electron chi connectivity index (χ0n) is 16.1. The molecule has 156 valence electrons. The van der Waals surface area contributed by atoms with E-state index in [4.69, 9.17) is 5.73 Å². The SMILES string of the molecule is CS(=O)(=O)N1CCCC(CNC(=O)c2nccnc2N)(c2cccc(F)c2)CC1. The molecule has 2 heterocycles. The molecule has 0 aliphatic carbocycles. The third kappa shape index (κ3) is 4.88. The van der Waals surface area contributed by atoms with E-state index < -0.39 is 21.3 Å². The van der Waals surface area contributed by atoms with E-state index in [0.717, 1.165) is 5.56 Å². The van der Waals surface area contributed by atoms with Crippen LogP contribution >= 0.6 is 0 Å². The largest absolute Gasteiger partial charge is 0.382 e. The summed E-state index contributed by atoms with van der Waals surface area (Å²) in [6.45, 7) is 0.877. The van der Waals surface area contributed by atoms with E-state index in [1.807, 2.05) is 6.07 Å². The van der Waals surface area contributed by atoms with E-state index >= 15 is 0 Å². The number of benzene rings is 1. The minimum atomic E-state index is -3.33. The smallest absolute Gasteiger partial charge is 0.273 e. The Morgan fingerprint density at radius 1 is 1.28 bits per heavy atom. The van der Waals surface area contributed by atoms with Crippen LogP contribution < -0.4 is 11.1 Å². The summed E-state index contributed by atoms with van der Waals surface area (Å²) < 4.78 is 39.4. The molecule has 1 saturated heterocycles. The highest BCUT2D eigenvalue weighted by molar-refractivity contribution is 7.88. The molecular weight excluding hydrogens is 397 g/mol. The van der Waals surface area contributed by atoms with Crippen molar-refractivity contribution < 1.29 is 17.6 Å². The molecule has 0 bridgehead atoms. The fraction of sp³-hybridized carbons (Fsp3) is 0.421. The number of amides is 1. The molecule has 1 amide bonds. The fourth-order valence-corrected chi connectivity index (χ4v) is 4.63. The van der Waals surface area contributed by atoms with E-state index in [2.05, 4.69) is 15.3 Å². The lowest BCUT2D eigenvalue weighted by atomic mass is 9.74. The van der Waals surface area contributed by atoms with Crippen molar-refractivity contribution in [3.8, 4) is 0 Å². The van der Waals surface area contributed by atoms with Crippen LogP contribution in [0.1, 0.15) is 35.3 Å². The molecule has 1 aromatic carbocycles. The van der Waals surface area contributed by atoms with Gasteiger partial charge in [-0.2, -0.15) is 0 Å². The van der Waals surface area contributed by atoms with Gasteiger partial charge in [0, 0.05) is 37.4 Å². The molecule has 1 aliphatic rings. The number of nitrogens with one attached hydrogen (secondary N) is 1. The second-order valence-electron chi connectivity index (χ2n) is 7.28. The molecule has 10 heteroatoms. The first kappa shape index (κ1) is 21.1. The Labute approximate surface area is 169 Å². The number of sulfonamides is 1. The summed E-state index contributed by atoms with van der Waals surface area (Å²) in [6.07, 6.45) is 5.58. The van der Waals surface area contributed by atoms with Crippen LogP contribution in [-0.4, -0.2) is 54.5 Å². The zero-order chi connectivity index (χ0) is 21.1. The van der Waals surface area contributed by atoms with Crippen LogP contribution in [0, 0.1) is 5.82 Å². The number of carbonyl (C=O) groups is 1. The maximum atomic E-state index is 13.9. The summed E-state index contributed by atoms with van der Waals surface area (Å²) in [5, 5.41) is 2.84. The summed E-state index contributed by atoms with van der Waals surface area (Å²) in [6, 6.07) is 6.23. The predicted molar refractivity (Wildman–Crippen MR) is 107 cm³/mol. The van der Waals surface area contributed by atoms with Gasteiger partial charge in [-0.25, -0.2) is 27.1 Å². The highest BCUT2D eigenvalue weighted by Crippen LogP contribution is 2.36. The van der Waals surface area contributed by atoms with Gasteiger partial charge in [0.15, 0.2) is 11.5 Å². The van der Waals surface area contributed by atoms with Gasteiger partial charge in [0.1, 0.15) is 5.82 Å². The Hall–Kier alpha value is -2.59. The van der Waals surface area contributed by atoms with Gasteiger partial charge in [0.2, 0.25) is 10.0 Å². The molecular formula is C19H24FN5O3S. The second-order valence-corrected chi connectivity index (χ2v) is 9.26.